The molecule has 0 saturated heterocycles. The number of benzene rings is 2. The zero-order valence-corrected chi connectivity index (χ0v) is 16.8. The SMILES string of the molecule is CCOc1ccc(-c2c(NC(=O)COc3ccccc3)n[nH]c2C)cc1OCC. The number of aryl methyl sites for hydroxylation is 1. The van der Waals surface area contributed by atoms with E-state index in [2.05, 4.69) is 15.5 Å². The maximum Gasteiger partial charge on any atom is 0.263 e. The third-order valence-electron chi connectivity index (χ3n) is 4.15. The number of hydrogen-bond acceptors (Lipinski definition) is 5. The third-order valence-corrected chi connectivity index (χ3v) is 4.15. The summed E-state index contributed by atoms with van der Waals surface area (Å²) in [6.07, 6.45) is 0. The fraction of sp³-hybridized carbons (Fsp3) is 0.273. The predicted octanol–water partition coefficient (Wildman–Crippen LogP) is 4.20. The first-order chi connectivity index (χ1) is 14.1. The molecule has 7 heteroatoms. The van der Waals surface area contributed by atoms with Gasteiger partial charge in [0, 0.05) is 11.3 Å². The second kappa shape index (κ2) is 9.64. The first-order valence-electron chi connectivity index (χ1n) is 9.55. The Hall–Kier alpha value is -3.48. The molecule has 0 unspecified atom stereocenters. The zero-order chi connectivity index (χ0) is 20.6. The van der Waals surface area contributed by atoms with Crippen molar-refractivity contribution in [3.8, 4) is 28.4 Å². The zero-order valence-electron chi connectivity index (χ0n) is 16.8. The summed E-state index contributed by atoms with van der Waals surface area (Å²) in [5.74, 6) is 2.11. The molecule has 0 radical (unpaired) electrons. The second-order valence-corrected chi connectivity index (χ2v) is 6.25. The summed E-state index contributed by atoms with van der Waals surface area (Å²) in [5.41, 5.74) is 2.49. The first-order valence-corrected chi connectivity index (χ1v) is 9.55. The molecule has 3 rings (SSSR count). The summed E-state index contributed by atoms with van der Waals surface area (Å²) in [5, 5.41) is 9.98. The lowest BCUT2D eigenvalue weighted by Gasteiger charge is -2.13. The largest absolute Gasteiger partial charge is 0.490 e. The second-order valence-electron chi connectivity index (χ2n) is 6.25. The van der Waals surface area contributed by atoms with Crippen molar-refractivity contribution in [1.82, 2.24) is 10.2 Å². The van der Waals surface area contributed by atoms with Crippen LogP contribution in [0.5, 0.6) is 17.2 Å². The van der Waals surface area contributed by atoms with Crippen molar-refractivity contribution >= 4 is 11.7 Å². The van der Waals surface area contributed by atoms with Gasteiger partial charge in [0.1, 0.15) is 5.75 Å². The van der Waals surface area contributed by atoms with Crippen LogP contribution in [-0.2, 0) is 4.79 Å². The topological polar surface area (TPSA) is 85.5 Å². The number of H-pyrrole nitrogens is 1. The third kappa shape index (κ3) is 5.07. The minimum Gasteiger partial charge on any atom is -0.490 e. The van der Waals surface area contributed by atoms with Gasteiger partial charge in [-0.25, -0.2) is 0 Å². The monoisotopic (exact) mass is 395 g/mol. The average Bonchev–Trinajstić information content (AvgIpc) is 3.09. The molecule has 0 spiro atoms. The minimum atomic E-state index is -0.294. The number of carbonyl (C=O) groups excluding carboxylic acids is 1. The molecule has 0 aliphatic carbocycles. The number of hydrogen-bond donors (Lipinski definition) is 2. The Morgan fingerprint density at radius 1 is 1.00 bits per heavy atom. The summed E-state index contributed by atoms with van der Waals surface area (Å²) in [6.45, 7) is 6.71. The molecule has 3 aromatic rings. The van der Waals surface area contributed by atoms with Crippen molar-refractivity contribution < 1.29 is 19.0 Å². The number of nitrogens with one attached hydrogen (secondary N) is 2. The predicted molar refractivity (Wildman–Crippen MR) is 112 cm³/mol. The van der Waals surface area contributed by atoms with Gasteiger partial charge in [-0.1, -0.05) is 24.3 Å². The standard InChI is InChI=1S/C22H25N3O4/c1-4-27-18-12-11-16(13-19(18)28-5-2)21-15(3)24-25-22(21)23-20(26)14-29-17-9-7-6-8-10-17/h6-13H,4-5,14H2,1-3H3,(H2,23,24,25,26). The number of nitrogens with zero attached hydrogens (tertiary/aromatic N) is 1. The van der Waals surface area contributed by atoms with Gasteiger partial charge >= 0.3 is 0 Å². The van der Waals surface area contributed by atoms with Gasteiger partial charge in [0.05, 0.1) is 13.2 Å². The van der Waals surface area contributed by atoms with Crippen LogP contribution in [0.15, 0.2) is 48.5 Å². The molecule has 0 bridgehead atoms. The van der Waals surface area contributed by atoms with E-state index in [0.29, 0.717) is 36.3 Å². The Bertz CT molecular complexity index is 954. The molecule has 7 nitrogen and oxygen atoms in total. The maximum absolute atomic E-state index is 12.4. The van der Waals surface area contributed by atoms with E-state index in [9.17, 15) is 4.79 Å². The number of para-hydroxylation sites is 1. The Morgan fingerprint density at radius 2 is 1.72 bits per heavy atom. The fourth-order valence-electron chi connectivity index (χ4n) is 2.91. The molecule has 0 aliphatic rings. The number of amides is 1. The lowest BCUT2D eigenvalue weighted by Crippen LogP contribution is -2.20. The highest BCUT2D eigenvalue weighted by Gasteiger charge is 2.17. The number of aromatic nitrogens is 2. The summed E-state index contributed by atoms with van der Waals surface area (Å²) in [4.78, 5) is 12.4. The first kappa shape index (κ1) is 20.3. The van der Waals surface area contributed by atoms with Crippen LogP contribution in [0.4, 0.5) is 5.82 Å². The lowest BCUT2D eigenvalue weighted by atomic mass is 10.0. The van der Waals surface area contributed by atoms with Gasteiger partial charge in [-0.2, -0.15) is 5.10 Å². The maximum atomic E-state index is 12.4. The van der Waals surface area contributed by atoms with Gasteiger partial charge in [0.2, 0.25) is 0 Å². The number of rotatable bonds is 9. The van der Waals surface area contributed by atoms with E-state index < -0.39 is 0 Å². The van der Waals surface area contributed by atoms with Gasteiger partial charge < -0.3 is 19.5 Å². The smallest absolute Gasteiger partial charge is 0.263 e. The van der Waals surface area contributed by atoms with Gasteiger partial charge in [-0.3, -0.25) is 9.89 Å². The average molecular weight is 395 g/mol. The molecule has 1 heterocycles. The fourth-order valence-corrected chi connectivity index (χ4v) is 2.91. The normalized spacial score (nSPS) is 10.4. The van der Waals surface area contributed by atoms with Crippen molar-refractivity contribution in [2.75, 3.05) is 25.1 Å². The van der Waals surface area contributed by atoms with Gasteiger partial charge in [0.15, 0.2) is 23.9 Å². The van der Waals surface area contributed by atoms with Gasteiger partial charge in [-0.05, 0) is 50.6 Å². The molecular formula is C22H25N3O4. The number of ether oxygens (including phenoxy) is 3. The van der Waals surface area contributed by atoms with Crippen LogP contribution in [0.25, 0.3) is 11.1 Å². The van der Waals surface area contributed by atoms with E-state index in [-0.39, 0.29) is 12.5 Å². The number of aromatic amines is 1. The van der Waals surface area contributed by atoms with Crippen LogP contribution in [0.3, 0.4) is 0 Å². The van der Waals surface area contributed by atoms with Crippen LogP contribution in [0.1, 0.15) is 19.5 Å². The molecule has 1 amide bonds. The molecule has 0 saturated carbocycles. The van der Waals surface area contributed by atoms with Crippen LogP contribution in [0, 0.1) is 6.92 Å². The van der Waals surface area contributed by atoms with Crippen molar-refractivity contribution in [2.24, 2.45) is 0 Å². The number of carbonyl (C=O) groups is 1. The molecule has 29 heavy (non-hydrogen) atoms. The molecule has 0 atom stereocenters. The van der Waals surface area contributed by atoms with Crippen molar-refractivity contribution in [3.05, 3.63) is 54.2 Å². The van der Waals surface area contributed by atoms with Crippen LogP contribution in [-0.4, -0.2) is 35.9 Å². The summed E-state index contributed by atoms with van der Waals surface area (Å²) < 4.78 is 16.8. The molecular weight excluding hydrogens is 370 g/mol. The van der Waals surface area contributed by atoms with E-state index in [0.717, 1.165) is 16.8 Å². The minimum absolute atomic E-state index is 0.108. The lowest BCUT2D eigenvalue weighted by molar-refractivity contribution is -0.118. The highest BCUT2D eigenvalue weighted by atomic mass is 16.5. The van der Waals surface area contributed by atoms with Crippen molar-refractivity contribution in [1.29, 1.82) is 0 Å². The van der Waals surface area contributed by atoms with E-state index >= 15 is 0 Å². The van der Waals surface area contributed by atoms with Gasteiger partial charge in [-0.15, -0.1) is 0 Å². The van der Waals surface area contributed by atoms with Crippen LogP contribution < -0.4 is 19.5 Å². The Kier molecular flexibility index (Phi) is 6.73. The van der Waals surface area contributed by atoms with E-state index in [1.807, 2.05) is 57.2 Å². The molecule has 0 fully saturated rings. The Labute approximate surface area is 170 Å². The quantitative estimate of drug-likeness (QED) is 0.567. The molecule has 152 valence electrons. The summed E-state index contributed by atoms with van der Waals surface area (Å²) in [7, 11) is 0. The molecule has 2 N–H and O–H groups in total. The van der Waals surface area contributed by atoms with E-state index in [1.54, 1.807) is 12.1 Å². The van der Waals surface area contributed by atoms with Crippen LogP contribution >= 0.6 is 0 Å². The van der Waals surface area contributed by atoms with Gasteiger partial charge in [0.25, 0.3) is 5.91 Å². The Balaban J connectivity index is 1.78. The Morgan fingerprint density at radius 3 is 2.45 bits per heavy atom. The molecule has 2 aromatic carbocycles. The summed E-state index contributed by atoms with van der Waals surface area (Å²) >= 11 is 0. The number of anilines is 1. The van der Waals surface area contributed by atoms with Crippen molar-refractivity contribution in [3.63, 3.8) is 0 Å². The van der Waals surface area contributed by atoms with E-state index in [4.69, 9.17) is 14.2 Å². The molecule has 0 aliphatic heterocycles. The van der Waals surface area contributed by atoms with Crippen molar-refractivity contribution in [2.45, 2.75) is 20.8 Å². The summed E-state index contributed by atoms with van der Waals surface area (Å²) in [6, 6.07) is 14.9. The molecule has 1 aromatic heterocycles. The highest BCUT2D eigenvalue weighted by molar-refractivity contribution is 5.95. The van der Waals surface area contributed by atoms with E-state index in [1.165, 1.54) is 0 Å². The highest BCUT2D eigenvalue weighted by Crippen LogP contribution is 2.36. The van der Waals surface area contributed by atoms with Crippen LogP contribution in [0.2, 0.25) is 0 Å².